The van der Waals surface area contributed by atoms with E-state index in [1.165, 1.54) is 18.2 Å². The van der Waals surface area contributed by atoms with Crippen molar-refractivity contribution in [1.29, 1.82) is 0 Å². The smallest absolute Gasteiger partial charge is 0.276 e. The maximum Gasteiger partial charge on any atom is 0.333 e. The molecule has 0 fully saturated rings. The summed E-state index contributed by atoms with van der Waals surface area (Å²) in [6.45, 7) is 0.0757. The monoisotopic (exact) mass is 423 g/mol. The van der Waals surface area contributed by atoms with Crippen LogP contribution in [0.4, 0.5) is 8.78 Å². The molecule has 2 aromatic heterocycles. The van der Waals surface area contributed by atoms with E-state index in [-0.39, 0.29) is 29.4 Å². The van der Waals surface area contributed by atoms with Gasteiger partial charge in [0.15, 0.2) is 0 Å². The third kappa shape index (κ3) is 4.54. The maximum atomic E-state index is 13.4. The third-order valence-electron chi connectivity index (χ3n) is 4.64. The molecule has 0 amide bonds. The topological polar surface area (TPSA) is 73.0 Å². The van der Waals surface area contributed by atoms with E-state index in [2.05, 4.69) is 10.2 Å². The van der Waals surface area contributed by atoms with Crippen LogP contribution < -0.4 is 0 Å². The number of aromatic nitrogens is 4. The average Bonchev–Trinajstić information content (AvgIpc) is 3.21. The first-order chi connectivity index (χ1) is 13.7. The molecule has 0 aliphatic rings. The Bertz CT molecular complexity index is 1080. The van der Waals surface area contributed by atoms with Gasteiger partial charge in [-0.2, -0.15) is 23.3 Å². The first-order valence-corrected chi connectivity index (χ1v) is 10.5. The Morgan fingerprint density at radius 3 is 2.34 bits per heavy atom. The van der Waals surface area contributed by atoms with E-state index in [1.807, 2.05) is 30.3 Å². The van der Waals surface area contributed by atoms with Crippen molar-refractivity contribution in [3.8, 4) is 0 Å². The van der Waals surface area contributed by atoms with E-state index in [1.54, 1.807) is 24.0 Å². The first-order valence-electron chi connectivity index (χ1n) is 9.06. The van der Waals surface area contributed by atoms with Gasteiger partial charge < -0.3 is 0 Å². The zero-order valence-electron chi connectivity index (χ0n) is 16.5. The number of aryl methyl sites for hydroxylation is 2. The van der Waals surface area contributed by atoms with Gasteiger partial charge in [0.25, 0.3) is 0 Å². The number of alkyl halides is 2. The third-order valence-corrected chi connectivity index (χ3v) is 6.74. The van der Waals surface area contributed by atoms with Gasteiger partial charge in [-0.05, 0) is 31.9 Å². The summed E-state index contributed by atoms with van der Waals surface area (Å²) in [5.74, 6) is 0. The highest BCUT2D eigenvalue weighted by Crippen LogP contribution is 2.27. The molecule has 3 aromatic rings. The molecule has 1 aromatic carbocycles. The lowest BCUT2D eigenvalue weighted by Gasteiger charge is -2.22. The molecule has 0 spiro atoms. The Hall–Kier alpha value is -2.59. The predicted octanol–water partition coefficient (Wildman–Crippen LogP) is 3.06. The van der Waals surface area contributed by atoms with Crippen LogP contribution in [0, 0.1) is 13.8 Å². The number of nitrogens with zero attached hydrogens (tertiary/aromatic N) is 5. The van der Waals surface area contributed by atoms with Crippen molar-refractivity contribution in [3.05, 3.63) is 65.2 Å². The number of rotatable bonds is 8. The second-order valence-electron chi connectivity index (χ2n) is 6.78. The van der Waals surface area contributed by atoms with E-state index >= 15 is 0 Å². The van der Waals surface area contributed by atoms with Gasteiger partial charge in [-0.15, -0.1) is 0 Å². The van der Waals surface area contributed by atoms with Gasteiger partial charge in [-0.1, -0.05) is 30.3 Å². The van der Waals surface area contributed by atoms with Gasteiger partial charge in [-0.3, -0.25) is 4.68 Å². The lowest BCUT2D eigenvalue weighted by molar-refractivity contribution is 0.0538. The zero-order valence-corrected chi connectivity index (χ0v) is 17.3. The molecular weight excluding hydrogens is 400 g/mol. The molecule has 0 unspecified atom stereocenters. The normalized spacial score (nSPS) is 12.2. The van der Waals surface area contributed by atoms with E-state index in [9.17, 15) is 17.2 Å². The Balaban J connectivity index is 1.97. The van der Waals surface area contributed by atoms with Crippen molar-refractivity contribution in [3.63, 3.8) is 0 Å². The second kappa shape index (κ2) is 8.42. The number of hydrogen-bond acceptors (Lipinski definition) is 4. The molecule has 7 nitrogen and oxygen atoms in total. The van der Waals surface area contributed by atoms with Crippen LogP contribution in [0.3, 0.4) is 0 Å². The van der Waals surface area contributed by atoms with Crippen LogP contribution in [0.15, 0.2) is 47.5 Å². The van der Waals surface area contributed by atoms with Crippen molar-refractivity contribution >= 4 is 10.0 Å². The fraction of sp³-hybridized carbons (Fsp3) is 0.368. The van der Waals surface area contributed by atoms with E-state index in [0.717, 1.165) is 5.56 Å². The van der Waals surface area contributed by atoms with Gasteiger partial charge in [0.1, 0.15) is 4.90 Å². The SMILES string of the molecule is Cc1nn(C(F)F)c(C)c1S(=O)(=O)N(CCc1ccccc1)Cc1ccn(C)n1. The standard InChI is InChI=1S/C19H23F2N5O2S/c1-14-18(15(2)26(22-14)19(20)21)29(27,28)25(13-17-10-11-24(3)23-17)12-9-16-7-5-4-6-8-16/h4-8,10-11,19H,9,12-13H2,1-3H3. The highest BCUT2D eigenvalue weighted by molar-refractivity contribution is 7.89. The maximum absolute atomic E-state index is 13.4. The van der Waals surface area contributed by atoms with Crippen LogP contribution >= 0.6 is 0 Å². The first kappa shape index (κ1) is 21.1. The summed E-state index contributed by atoms with van der Waals surface area (Å²) >= 11 is 0. The lowest BCUT2D eigenvalue weighted by Crippen LogP contribution is -2.33. The van der Waals surface area contributed by atoms with Gasteiger partial charge in [0.05, 0.1) is 23.6 Å². The van der Waals surface area contributed by atoms with Crippen molar-refractivity contribution in [2.45, 2.75) is 38.3 Å². The van der Waals surface area contributed by atoms with Crippen molar-refractivity contribution in [2.24, 2.45) is 7.05 Å². The zero-order chi connectivity index (χ0) is 21.2. The molecule has 10 heteroatoms. The second-order valence-corrected chi connectivity index (χ2v) is 8.65. The Labute approximate surface area is 168 Å². The Kier molecular flexibility index (Phi) is 6.13. The van der Waals surface area contributed by atoms with Crippen LogP contribution in [-0.4, -0.2) is 38.8 Å². The van der Waals surface area contributed by atoms with E-state index < -0.39 is 16.6 Å². The van der Waals surface area contributed by atoms with Crippen LogP contribution in [-0.2, 0) is 30.0 Å². The highest BCUT2D eigenvalue weighted by atomic mass is 32.2. The number of benzene rings is 1. The molecule has 0 aliphatic heterocycles. The minimum atomic E-state index is -4.07. The summed E-state index contributed by atoms with van der Waals surface area (Å²) in [7, 11) is -2.32. The molecule has 0 saturated heterocycles. The fourth-order valence-corrected chi connectivity index (χ4v) is 5.02. The molecule has 0 aliphatic carbocycles. The van der Waals surface area contributed by atoms with Crippen molar-refractivity contribution < 1.29 is 17.2 Å². The van der Waals surface area contributed by atoms with Gasteiger partial charge in [0.2, 0.25) is 10.0 Å². The summed E-state index contributed by atoms with van der Waals surface area (Å²) in [5.41, 5.74) is 1.52. The van der Waals surface area contributed by atoms with Crippen LogP contribution in [0.2, 0.25) is 0 Å². The summed E-state index contributed by atoms with van der Waals surface area (Å²) < 4.78 is 56.6. The Morgan fingerprint density at radius 2 is 1.79 bits per heavy atom. The molecule has 0 atom stereocenters. The van der Waals surface area contributed by atoms with Crippen LogP contribution in [0.1, 0.15) is 29.2 Å². The summed E-state index contributed by atoms with van der Waals surface area (Å²) in [4.78, 5) is -0.179. The summed E-state index contributed by atoms with van der Waals surface area (Å²) in [5, 5.41) is 7.99. The number of halogens is 2. The van der Waals surface area contributed by atoms with Gasteiger partial charge in [0, 0.05) is 19.8 Å². The minimum absolute atomic E-state index is 0.0365. The summed E-state index contributed by atoms with van der Waals surface area (Å²) in [6, 6.07) is 11.2. The molecule has 156 valence electrons. The van der Waals surface area contributed by atoms with Gasteiger partial charge in [-0.25, -0.2) is 13.1 Å². The average molecular weight is 423 g/mol. The van der Waals surface area contributed by atoms with Crippen LogP contribution in [0.5, 0.6) is 0 Å². The summed E-state index contributed by atoms with van der Waals surface area (Å²) in [6.07, 6.45) is 2.20. The molecule has 2 heterocycles. The molecule has 0 saturated carbocycles. The van der Waals surface area contributed by atoms with E-state index in [0.29, 0.717) is 16.8 Å². The largest absolute Gasteiger partial charge is 0.333 e. The molecule has 29 heavy (non-hydrogen) atoms. The van der Waals surface area contributed by atoms with Crippen LogP contribution in [0.25, 0.3) is 0 Å². The number of sulfonamides is 1. The predicted molar refractivity (Wildman–Crippen MR) is 104 cm³/mol. The Morgan fingerprint density at radius 1 is 1.10 bits per heavy atom. The quantitative estimate of drug-likeness (QED) is 0.558. The van der Waals surface area contributed by atoms with E-state index in [4.69, 9.17) is 0 Å². The molecule has 0 radical (unpaired) electrons. The molecule has 0 bridgehead atoms. The lowest BCUT2D eigenvalue weighted by atomic mass is 10.1. The van der Waals surface area contributed by atoms with Crippen molar-refractivity contribution in [2.75, 3.05) is 6.54 Å². The molecular formula is C19H23F2N5O2S. The molecule has 3 rings (SSSR count). The highest BCUT2D eigenvalue weighted by Gasteiger charge is 2.32. The van der Waals surface area contributed by atoms with Gasteiger partial charge >= 0.3 is 6.55 Å². The fourth-order valence-electron chi connectivity index (χ4n) is 3.25. The minimum Gasteiger partial charge on any atom is -0.276 e. The van der Waals surface area contributed by atoms with Crippen molar-refractivity contribution in [1.82, 2.24) is 23.9 Å². The number of hydrogen-bond donors (Lipinski definition) is 0. The molecule has 0 N–H and O–H groups in total.